The highest BCUT2D eigenvalue weighted by atomic mass is 35.5. The van der Waals surface area contributed by atoms with Crippen LogP contribution in [-0.2, 0) is 0 Å². The third kappa shape index (κ3) is 1.96. The van der Waals surface area contributed by atoms with E-state index in [4.69, 9.17) is 11.6 Å². The summed E-state index contributed by atoms with van der Waals surface area (Å²) < 4.78 is 1.83. The lowest BCUT2D eigenvalue weighted by atomic mass is 10.0. The Morgan fingerprint density at radius 3 is 2.89 bits per heavy atom. The minimum Gasteiger partial charge on any atom is -0.478 e. The van der Waals surface area contributed by atoms with Gasteiger partial charge in [0.25, 0.3) is 0 Å². The van der Waals surface area contributed by atoms with Crippen LogP contribution in [0.2, 0.25) is 5.02 Å². The second kappa shape index (κ2) is 4.40. The third-order valence-electron chi connectivity index (χ3n) is 2.92. The molecule has 2 aromatic heterocycles. The molecule has 0 bridgehead atoms. The molecule has 0 aliphatic heterocycles. The van der Waals surface area contributed by atoms with Crippen molar-refractivity contribution in [2.75, 3.05) is 0 Å². The molecule has 3 rings (SSSR count). The van der Waals surface area contributed by atoms with Crippen molar-refractivity contribution in [2.45, 2.75) is 0 Å². The molecular formula is C14H9ClN2O2. The summed E-state index contributed by atoms with van der Waals surface area (Å²) >= 11 is 5.98. The van der Waals surface area contributed by atoms with Gasteiger partial charge in [0.1, 0.15) is 5.65 Å². The van der Waals surface area contributed by atoms with E-state index in [9.17, 15) is 9.90 Å². The van der Waals surface area contributed by atoms with Crippen molar-refractivity contribution < 1.29 is 9.90 Å². The molecule has 0 fully saturated rings. The molecule has 0 spiro atoms. The molecule has 0 amide bonds. The Kier molecular flexibility index (Phi) is 2.72. The van der Waals surface area contributed by atoms with Gasteiger partial charge in [-0.25, -0.2) is 9.78 Å². The van der Waals surface area contributed by atoms with Crippen LogP contribution in [0.25, 0.3) is 16.9 Å². The topological polar surface area (TPSA) is 54.6 Å². The monoisotopic (exact) mass is 272 g/mol. The van der Waals surface area contributed by atoms with E-state index in [2.05, 4.69) is 4.98 Å². The molecule has 19 heavy (non-hydrogen) atoms. The van der Waals surface area contributed by atoms with Gasteiger partial charge in [0.05, 0.1) is 11.3 Å². The van der Waals surface area contributed by atoms with Crippen molar-refractivity contribution in [2.24, 2.45) is 0 Å². The molecule has 0 saturated carbocycles. The molecule has 0 aliphatic rings. The van der Waals surface area contributed by atoms with Gasteiger partial charge in [-0.05, 0) is 30.3 Å². The number of fused-ring (bicyclic) bond motifs is 1. The number of carboxylic acid groups (broad SMARTS) is 1. The summed E-state index contributed by atoms with van der Waals surface area (Å²) in [6, 6.07) is 10.3. The highest BCUT2D eigenvalue weighted by Gasteiger charge is 2.14. The van der Waals surface area contributed by atoms with E-state index in [-0.39, 0.29) is 5.56 Å². The van der Waals surface area contributed by atoms with Gasteiger partial charge in [-0.15, -0.1) is 0 Å². The number of aromatic carboxylic acids is 1. The molecule has 0 saturated heterocycles. The Morgan fingerprint density at radius 1 is 1.26 bits per heavy atom. The molecule has 5 heteroatoms. The molecule has 94 valence electrons. The van der Waals surface area contributed by atoms with E-state index in [1.165, 1.54) is 6.07 Å². The third-order valence-corrected chi connectivity index (χ3v) is 3.15. The summed E-state index contributed by atoms with van der Waals surface area (Å²) in [7, 11) is 0. The minimum atomic E-state index is -0.983. The molecule has 0 atom stereocenters. The van der Waals surface area contributed by atoms with Crippen LogP contribution in [0.4, 0.5) is 0 Å². The van der Waals surface area contributed by atoms with Gasteiger partial charge < -0.3 is 5.11 Å². The van der Waals surface area contributed by atoms with Gasteiger partial charge in [0.15, 0.2) is 0 Å². The van der Waals surface area contributed by atoms with E-state index < -0.39 is 5.97 Å². The lowest BCUT2D eigenvalue weighted by molar-refractivity contribution is 0.0697. The molecule has 3 aromatic rings. The summed E-state index contributed by atoms with van der Waals surface area (Å²) in [6.45, 7) is 0. The second-order valence-corrected chi connectivity index (χ2v) is 4.50. The van der Waals surface area contributed by atoms with Gasteiger partial charge >= 0.3 is 5.97 Å². The average Bonchev–Trinajstić information content (AvgIpc) is 2.86. The summed E-state index contributed by atoms with van der Waals surface area (Å²) in [4.78, 5) is 15.5. The van der Waals surface area contributed by atoms with Crippen LogP contribution in [0.15, 0.2) is 48.8 Å². The average molecular weight is 273 g/mol. The Labute approximate surface area is 113 Å². The van der Waals surface area contributed by atoms with E-state index in [0.29, 0.717) is 10.6 Å². The fourth-order valence-electron chi connectivity index (χ4n) is 2.08. The number of halogens is 1. The maximum Gasteiger partial charge on any atom is 0.336 e. The van der Waals surface area contributed by atoms with Crippen molar-refractivity contribution in [3.05, 3.63) is 59.4 Å². The molecule has 4 nitrogen and oxygen atoms in total. The number of imidazole rings is 1. The number of carboxylic acids is 1. The van der Waals surface area contributed by atoms with Crippen LogP contribution in [-0.4, -0.2) is 20.5 Å². The van der Waals surface area contributed by atoms with Crippen LogP contribution in [0.5, 0.6) is 0 Å². The number of pyridine rings is 1. The van der Waals surface area contributed by atoms with Crippen molar-refractivity contribution in [1.29, 1.82) is 0 Å². The molecule has 1 aromatic carbocycles. The first-order valence-corrected chi connectivity index (χ1v) is 6.00. The van der Waals surface area contributed by atoms with Crippen LogP contribution in [0.3, 0.4) is 0 Å². The van der Waals surface area contributed by atoms with Gasteiger partial charge in [0.2, 0.25) is 0 Å². The van der Waals surface area contributed by atoms with Crippen molar-refractivity contribution in [3.8, 4) is 11.3 Å². The molecular weight excluding hydrogens is 264 g/mol. The Hall–Kier alpha value is -2.33. The Balaban J connectivity index is 2.35. The minimum absolute atomic E-state index is 0.214. The SMILES string of the molecule is O=C(O)c1ccc(Cl)cc1-c1cccc2nccn12. The molecule has 0 unspecified atom stereocenters. The van der Waals surface area contributed by atoms with Crippen LogP contribution in [0.1, 0.15) is 10.4 Å². The fourth-order valence-corrected chi connectivity index (χ4v) is 2.25. The first-order valence-electron chi connectivity index (χ1n) is 5.62. The van der Waals surface area contributed by atoms with Gasteiger partial charge in [-0.1, -0.05) is 17.7 Å². The maximum atomic E-state index is 11.3. The van der Waals surface area contributed by atoms with Gasteiger partial charge in [-0.3, -0.25) is 4.40 Å². The predicted molar refractivity (Wildman–Crippen MR) is 72.6 cm³/mol. The zero-order chi connectivity index (χ0) is 13.4. The van der Waals surface area contributed by atoms with Crippen LogP contribution < -0.4 is 0 Å². The number of benzene rings is 1. The number of rotatable bonds is 2. The first kappa shape index (κ1) is 11.7. The molecule has 1 N–H and O–H groups in total. The number of nitrogens with zero attached hydrogens (tertiary/aromatic N) is 2. The summed E-state index contributed by atoms with van der Waals surface area (Å²) in [5, 5.41) is 9.77. The Bertz CT molecular complexity index is 780. The number of hydrogen-bond donors (Lipinski definition) is 1. The van der Waals surface area contributed by atoms with Crippen LogP contribution in [0, 0.1) is 0 Å². The van der Waals surface area contributed by atoms with E-state index in [1.54, 1.807) is 24.5 Å². The number of carbonyl (C=O) groups is 1. The predicted octanol–water partition coefficient (Wildman–Crippen LogP) is 3.35. The standard InChI is InChI=1S/C14H9ClN2O2/c15-9-4-5-10(14(18)19)11(8-9)12-2-1-3-13-16-6-7-17(12)13/h1-8H,(H,18,19). The summed E-state index contributed by atoms with van der Waals surface area (Å²) in [5.74, 6) is -0.983. The summed E-state index contributed by atoms with van der Waals surface area (Å²) in [6.07, 6.45) is 3.46. The normalized spacial score (nSPS) is 10.8. The van der Waals surface area contributed by atoms with Crippen LogP contribution >= 0.6 is 11.6 Å². The van der Waals surface area contributed by atoms with Crippen molar-refractivity contribution in [1.82, 2.24) is 9.38 Å². The summed E-state index contributed by atoms with van der Waals surface area (Å²) in [5.41, 5.74) is 2.29. The van der Waals surface area contributed by atoms with Gasteiger partial charge in [0, 0.05) is 23.0 Å². The highest BCUT2D eigenvalue weighted by Crippen LogP contribution is 2.27. The number of hydrogen-bond acceptors (Lipinski definition) is 2. The fraction of sp³-hybridized carbons (Fsp3) is 0. The van der Waals surface area contributed by atoms with Crippen molar-refractivity contribution in [3.63, 3.8) is 0 Å². The zero-order valence-corrected chi connectivity index (χ0v) is 10.5. The second-order valence-electron chi connectivity index (χ2n) is 4.06. The smallest absolute Gasteiger partial charge is 0.336 e. The van der Waals surface area contributed by atoms with E-state index >= 15 is 0 Å². The maximum absolute atomic E-state index is 11.3. The Morgan fingerprint density at radius 2 is 2.11 bits per heavy atom. The zero-order valence-electron chi connectivity index (χ0n) is 9.75. The van der Waals surface area contributed by atoms with Crippen molar-refractivity contribution >= 4 is 23.2 Å². The number of aromatic nitrogens is 2. The molecule has 0 aliphatic carbocycles. The quantitative estimate of drug-likeness (QED) is 0.778. The highest BCUT2D eigenvalue weighted by molar-refractivity contribution is 6.31. The van der Waals surface area contributed by atoms with E-state index in [0.717, 1.165) is 11.3 Å². The van der Waals surface area contributed by atoms with E-state index in [1.807, 2.05) is 22.6 Å². The largest absolute Gasteiger partial charge is 0.478 e. The molecule has 2 heterocycles. The lowest BCUT2D eigenvalue weighted by Crippen LogP contribution is -2.01. The molecule has 0 radical (unpaired) electrons. The lowest BCUT2D eigenvalue weighted by Gasteiger charge is -2.09. The first-order chi connectivity index (χ1) is 9.16. The van der Waals surface area contributed by atoms with Gasteiger partial charge in [-0.2, -0.15) is 0 Å².